The van der Waals surface area contributed by atoms with Crippen LogP contribution in [-0.2, 0) is 6.42 Å². The third kappa shape index (κ3) is 3.42. The van der Waals surface area contributed by atoms with Gasteiger partial charge in [-0.05, 0) is 36.8 Å². The van der Waals surface area contributed by atoms with Gasteiger partial charge in [0.05, 0.1) is 12.2 Å². The molecule has 0 unspecified atom stereocenters. The summed E-state index contributed by atoms with van der Waals surface area (Å²) in [6.07, 6.45) is 3.67. The van der Waals surface area contributed by atoms with Crippen molar-refractivity contribution >= 4 is 16.8 Å². The molecule has 0 aliphatic heterocycles. The van der Waals surface area contributed by atoms with Crippen LogP contribution in [0.15, 0.2) is 24.3 Å². The molecule has 1 aromatic rings. The minimum Gasteiger partial charge on any atom is -0.497 e. The molecule has 0 spiro atoms. The zero-order chi connectivity index (χ0) is 10.4. The van der Waals surface area contributed by atoms with Crippen molar-refractivity contribution in [3.05, 3.63) is 29.8 Å². The van der Waals surface area contributed by atoms with E-state index in [1.807, 2.05) is 24.5 Å². The van der Waals surface area contributed by atoms with E-state index >= 15 is 0 Å². The maximum absolute atomic E-state index is 7.52. The van der Waals surface area contributed by atoms with Gasteiger partial charge in [-0.2, -0.15) is 0 Å². The lowest BCUT2D eigenvalue weighted by atomic mass is 10.1. The molecule has 0 heterocycles. The largest absolute Gasteiger partial charge is 0.497 e. The molecule has 0 amide bonds. The Labute approximate surface area is 89.2 Å². The Kier molecular flexibility index (Phi) is 4.53. The molecule has 1 N–H and O–H groups in total. The van der Waals surface area contributed by atoms with Crippen molar-refractivity contribution in [2.75, 3.05) is 13.4 Å². The first-order valence-electron chi connectivity index (χ1n) is 4.50. The van der Waals surface area contributed by atoms with Crippen LogP contribution in [0.2, 0.25) is 0 Å². The van der Waals surface area contributed by atoms with Crippen LogP contribution in [0.5, 0.6) is 5.75 Å². The minimum absolute atomic E-state index is 0.729. The van der Waals surface area contributed by atoms with E-state index in [1.54, 1.807) is 7.11 Å². The van der Waals surface area contributed by atoms with E-state index in [0.717, 1.165) is 23.6 Å². The minimum atomic E-state index is 0.729. The lowest BCUT2D eigenvalue weighted by molar-refractivity contribution is 0.414. The number of thioether (sulfide) groups is 1. The average Bonchev–Trinajstić information content (AvgIpc) is 2.26. The van der Waals surface area contributed by atoms with E-state index < -0.39 is 0 Å². The van der Waals surface area contributed by atoms with Gasteiger partial charge in [0.25, 0.3) is 0 Å². The van der Waals surface area contributed by atoms with Gasteiger partial charge in [0.15, 0.2) is 0 Å². The number of benzene rings is 1. The Hall–Kier alpha value is -0.960. The Morgan fingerprint density at radius 2 is 2.29 bits per heavy atom. The summed E-state index contributed by atoms with van der Waals surface area (Å²) in [7, 11) is 1.67. The first-order valence-corrected chi connectivity index (χ1v) is 5.73. The third-order valence-corrected chi connectivity index (χ3v) is 2.72. The molecule has 76 valence electrons. The van der Waals surface area contributed by atoms with Gasteiger partial charge in [-0.3, -0.25) is 5.41 Å². The fraction of sp³-hybridized carbons (Fsp3) is 0.364. The maximum atomic E-state index is 7.52. The molecule has 1 rings (SSSR count). The Balaban J connectivity index is 2.54. The SMILES string of the molecule is COc1cccc(CCC(=N)SC)c1. The predicted molar refractivity (Wildman–Crippen MR) is 62.6 cm³/mol. The molecule has 0 aliphatic rings. The van der Waals surface area contributed by atoms with Crippen molar-refractivity contribution < 1.29 is 4.74 Å². The smallest absolute Gasteiger partial charge is 0.119 e. The van der Waals surface area contributed by atoms with Crippen molar-refractivity contribution in [2.24, 2.45) is 0 Å². The molecule has 0 aliphatic carbocycles. The summed E-state index contributed by atoms with van der Waals surface area (Å²) in [6, 6.07) is 8.00. The van der Waals surface area contributed by atoms with Crippen molar-refractivity contribution in [1.82, 2.24) is 0 Å². The Morgan fingerprint density at radius 3 is 2.93 bits per heavy atom. The maximum Gasteiger partial charge on any atom is 0.119 e. The lowest BCUT2D eigenvalue weighted by Crippen LogP contribution is -1.93. The highest BCUT2D eigenvalue weighted by Gasteiger charge is 1.98. The van der Waals surface area contributed by atoms with Crippen LogP contribution in [0.3, 0.4) is 0 Å². The highest BCUT2D eigenvalue weighted by molar-refractivity contribution is 8.13. The van der Waals surface area contributed by atoms with Gasteiger partial charge in [0.2, 0.25) is 0 Å². The van der Waals surface area contributed by atoms with Gasteiger partial charge in [-0.1, -0.05) is 12.1 Å². The van der Waals surface area contributed by atoms with Crippen LogP contribution in [0.4, 0.5) is 0 Å². The van der Waals surface area contributed by atoms with E-state index in [-0.39, 0.29) is 0 Å². The van der Waals surface area contributed by atoms with E-state index in [0.29, 0.717) is 0 Å². The van der Waals surface area contributed by atoms with E-state index in [1.165, 1.54) is 17.3 Å². The quantitative estimate of drug-likeness (QED) is 0.611. The van der Waals surface area contributed by atoms with Crippen molar-refractivity contribution in [1.29, 1.82) is 5.41 Å². The van der Waals surface area contributed by atoms with Gasteiger partial charge >= 0.3 is 0 Å². The number of nitrogens with one attached hydrogen (secondary N) is 1. The van der Waals surface area contributed by atoms with Crippen molar-refractivity contribution in [3.63, 3.8) is 0 Å². The second kappa shape index (κ2) is 5.70. The summed E-state index contributed by atoms with van der Waals surface area (Å²) in [5.74, 6) is 0.887. The van der Waals surface area contributed by atoms with Gasteiger partial charge in [0, 0.05) is 0 Å². The Bertz CT molecular complexity index is 312. The highest BCUT2D eigenvalue weighted by atomic mass is 32.2. The van der Waals surface area contributed by atoms with Crippen LogP contribution < -0.4 is 4.74 Å². The van der Waals surface area contributed by atoms with Crippen LogP contribution in [0, 0.1) is 5.41 Å². The second-order valence-corrected chi connectivity index (χ2v) is 3.88. The van der Waals surface area contributed by atoms with Gasteiger partial charge in [-0.25, -0.2) is 0 Å². The first kappa shape index (κ1) is 11.1. The molecule has 0 fully saturated rings. The molecule has 0 saturated heterocycles. The van der Waals surface area contributed by atoms with Crippen LogP contribution in [0.25, 0.3) is 0 Å². The van der Waals surface area contributed by atoms with Crippen molar-refractivity contribution in [3.8, 4) is 5.75 Å². The summed E-state index contributed by atoms with van der Waals surface area (Å²) >= 11 is 1.51. The molecule has 1 aromatic carbocycles. The van der Waals surface area contributed by atoms with Gasteiger partial charge in [-0.15, -0.1) is 11.8 Å². The molecule has 14 heavy (non-hydrogen) atoms. The number of methoxy groups -OCH3 is 1. The van der Waals surface area contributed by atoms with E-state index in [4.69, 9.17) is 10.1 Å². The number of hydrogen-bond acceptors (Lipinski definition) is 3. The average molecular weight is 209 g/mol. The molecular formula is C11H15NOS. The monoisotopic (exact) mass is 209 g/mol. The van der Waals surface area contributed by atoms with Gasteiger partial charge < -0.3 is 4.74 Å². The second-order valence-electron chi connectivity index (χ2n) is 2.98. The Morgan fingerprint density at radius 1 is 1.50 bits per heavy atom. The van der Waals surface area contributed by atoms with Crippen LogP contribution >= 0.6 is 11.8 Å². The first-order chi connectivity index (χ1) is 6.76. The summed E-state index contributed by atoms with van der Waals surface area (Å²) in [5.41, 5.74) is 1.23. The molecule has 3 heteroatoms. The fourth-order valence-corrected chi connectivity index (χ4v) is 1.49. The predicted octanol–water partition coefficient (Wildman–Crippen LogP) is 2.97. The molecule has 0 saturated carbocycles. The fourth-order valence-electron chi connectivity index (χ4n) is 1.19. The number of hydrogen-bond donors (Lipinski definition) is 1. The van der Waals surface area contributed by atoms with Crippen LogP contribution in [-0.4, -0.2) is 18.4 Å². The zero-order valence-electron chi connectivity index (χ0n) is 8.54. The highest BCUT2D eigenvalue weighted by Crippen LogP contribution is 2.15. The normalized spacial score (nSPS) is 9.86. The summed E-state index contributed by atoms with van der Waals surface area (Å²) in [5, 5.41) is 8.25. The summed E-state index contributed by atoms with van der Waals surface area (Å²) in [6.45, 7) is 0. The number of ether oxygens (including phenoxy) is 1. The topological polar surface area (TPSA) is 33.1 Å². The standard InChI is InChI=1S/C11H15NOS/c1-13-10-5-3-4-9(8-10)6-7-11(12)14-2/h3-5,8,12H,6-7H2,1-2H3. The van der Waals surface area contributed by atoms with Crippen LogP contribution in [0.1, 0.15) is 12.0 Å². The third-order valence-electron chi connectivity index (χ3n) is 2.02. The molecule has 0 atom stereocenters. The molecule has 0 radical (unpaired) electrons. The van der Waals surface area contributed by atoms with Crippen molar-refractivity contribution in [2.45, 2.75) is 12.8 Å². The van der Waals surface area contributed by atoms with E-state index in [9.17, 15) is 0 Å². The zero-order valence-corrected chi connectivity index (χ0v) is 9.36. The van der Waals surface area contributed by atoms with Gasteiger partial charge in [0.1, 0.15) is 5.75 Å². The van der Waals surface area contributed by atoms with E-state index in [2.05, 4.69) is 6.07 Å². The number of rotatable bonds is 4. The number of aryl methyl sites for hydroxylation is 1. The molecule has 0 bridgehead atoms. The molecule has 2 nitrogen and oxygen atoms in total. The summed E-state index contributed by atoms with van der Waals surface area (Å²) in [4.78, 5) is 0. The lowest BCUT2D eigenvalue weighted by Gasteiger charge is -2.04. The molecule has 0 aromatic heterocycles. The summed E-state index contributed by atoms with van der Waals surface area (Å²) < 4.78 is 5.13. The molecular weight excluding hydrogens is 194 g/mol.